The number of aryl methyl sites for hydroxylation is 1. The first-order valence-electron chi connectivity index (χ1n) is 7.33. The van der Waals surface area contributed by atoms with Gasteiger partial charge in [0, 0.05) is 17.9 Å². The van der Waals surface area contributed by atoms with Gasteiger partial charge in [-0.2, -0.15) is 10.2 Å². The van der Waals surface area contributed by atoms with Crippen molar-refractivity contribution in [2.45, 2.75) is 53.1 Å². The van der Waals surface area contributed by atoms with Crippen molar-refractivity contribution < 1.29 is 0 Å². The summed E-state index contributed by atoms with van der Waals surface area (Å²) >= 11 is 0. The molecule has 0 radical (unpaired) electrons. The lowest BCUT2D eigenvalue weighted by Gasteiger charge is -2.08. The Morgan fingerprint density at radius 1 is 1.30 bits per heavy atom. The number of aromatic nitrogens is 4. The molecule has 0 bridgehead atoms. The number of nitrogens with zero attached hydrogens (tertiary/aromatic N) is 4. The fourth-order valence-electron chi connectivity index (χ4n) is 2.44. The monoisotopic (exact) mass is 275 g/mol. The molecule has 5 heteroatoms. The van der Waals surface area contributed by atoms with Crippen molar-refractivity contribution in [1.29, 1.82) is 0 Å². The second-order valence-electron chi connectivity index (χ2n) is 5.39. The predicted octanol–water partition coefficient (Wildman–Crippen LogP) is 2.22. The zero-order valence-electron chi connectivity index (χ0n) is 12.9. The number of hydrogen-bond acceptors (Lipinski definition) is 3. The van der Waals surface area contributed by atoms with Crippen LogP contribution in [-0.4, -0.2) is 26.1 Å². The molecule has 0 amide bonds. The lowest BCUT2D eigenvalue weighted by Crippen LogP contribution is -2.09. The Labute approximate surface area is 120 Å². The zero-order chi connectivity index (χ0) is 14.7. The zero-order valence-corrected chi connectivity index (χ0v) is 12.9. The first kappa shape index (κ1) is 14.8. The first-order chi connectivity index (χ1) is 9.56. The van der Waals surface area contributed by atoms with E-state index >= 15 is 0 Å². The molecule has 20 heavy (non-hydrogen) atoms. The number of nitrogens with two attached hydrogens (primary N) is 1. The molecule has 5 nitrogen and oxygen atoms in total. The fraction of sp³-hybridized carbons (Fsp3) is 0.600. The Morgan fingerprint density at radius 2 is 2.05 bits per heavy atom. The molecule has 2 aromatic heterocycles. The third-order valence-electron chi connectivity index (χ3n) is 3.94. The maximum Gasteiger partial charge on any atom is 0.0853 e. The Balaban J connectivity index is 2.18. The van der Waals surface area contributed by atoms with Crippen LogP contribution < -0.4 is 5.73 Å². The maximum absolute atomic E-state index is 5.66. The number of rotatable bonds is 6. The molecule has 1 atom stereocenters. The molecule has 0 saturated carbocycles. The molecule has 0 aliphatic carbocycles. The highest BCUT2D eigenvalue weighted by Crippen LogP contribution is 2.15. The van der Waals surface area contributed by atoms with Gasteiger partial charge in [-0.05, 0) is 51.8 Å². The van der Waals surface area contributed by atoms with Crippen LogP contribution in [-0.2, 0) is 13.0 Å². The smallest absolute Gasteiger partial charge is 0.0853 e. The van der Waals surface area contributed by atoms with Gasteiger partial charge < -0.3 is 5.73 Å². The van der Waals surface area contributed by atoms with E-state index in [0.29, 0.717) is 12.6 Å². The van der Waals surface area contributed by atoms with Gasteiger partial charge in [0.15, 0.2) is 0 Å². The average Bonchev–Trinajstić information content (AvgIpc) is 2.99. The van der Waals surface area contributed by atoms with Gasteiger partial charge in [-0.15, -0.1) is 0 Å². The van der Waals surface area contributed by atoms with E-state index in [-0.39, 0.29) is 0 Å². The summed E-state index contributed by atoms with van der Waals surface area (Å²) in [7, 11) is 0. The van der Waals surface area contributed by atoms with Crippen LogP contribution in [0.3, 0.4) is 0 Å². The van der Waals surface area contributed by atoms with Gasteiger partial charge in [-0.25, -0.2) is 0 Å². The van der Waals surface area contributed by atoms with E-state index < -0.39 is 0 Å². The molecule has 0 spiro atoms. The summed E-state index contributed by atoms with van der Waals surface area (Å²) in [5, 5.41) is 9.24. The summed E-state index contributed by atoms with van der Waals surface area (Å²) in [6.45, 7) is 9.89. The van der Waals surface area contributed by atoms with E-state index in [4.69, 9.17) is 5.73 Å². The minimum atomic E-state index is 0.442. The van der Waals surface area contributed by atoms with Crippen LogP contribution in [0.15, 0.2) is 12.3 Å². The molecule has 2 aromatic rings. The van der Waals surface area contributed by atoms with Crippen molar-refractivity contribution in [3.63, 3.8) is 0 Å². The van der Waals surface area contributed by atoms with Crippen LogP contribution in [0.5, 0.6) is 0 Å². The van der Waals surface area contributed by atoms with Crippen LogP contribution in [0.25, 0.3) is 0 Å². The normalized spacial score (nSPS) is 12.8. The molecular weight excluding hydrogens is 250 g/mol. The van der Waals surface area contributed by atoms with E-state index in [9.17, 15) is 0 Å². The van der Waals surface area contributed by atoms with Crippen molar-refractivity contribution in [2.24, 2.45) is 5.73 Å². The van der Waals surface area contributed by atoms with Crippen molar-refractivity contribution >= 4 is 0 Å². The van der Waals surface area contributed by atoms with Crippen molar-refractivity contribution in [3.8, 4) is 0 Å². The highest BCUT2D eigenvalue weighted by molar-refractivity contribution is 5.25. The third kappa shape index (κ3) is 2.93. The molecule has 1 unspecified atom stereocenters. The molecule has 2 heterocycles. The highest BCUT2D eigenvalue weighted by atomic mass is 15.3. The van der Waals surface area contributed by atoms with E-state index in [2.05, 4.69) is 43.2 Å². The van der Waals surface area contributed by atoms with Crippen molar-refractivity contribution in [3.05, 3.63) is 34.9 Å². The van der Waals surface area contributed by atoms with E-state index in [1.165, 1.54) is 11.3 Å². The Hall–Kier alpha value is -1.62. The summed E-state index contributed by atoms with van der Waals surface area (Å²) in [5.41, 5.74) is 10.3. The highest BCUT2D eigenvalue weighted by Gasteiger charge is 2.12. The molecule has 2 N–H and O–H groups in total. The number of hydrogen-bond donors (Lipinski definition) is 1. The van der Waals surface area contributed by atoms with Gasteiger partial charge in [0.2, 0.25) is 0 Å². The summed E-state index contributed by atoms with van der Waals surface area (Å²) in [4.78, 5) is 0. The molecule has 0 aromatic carbocycles. The van der Waals surface area contributed by atoms with Gasteiger partial charge in [0.05, 0.1) is 17.9 Å². The van der Waals surface area contributed by atoms with E-state index in [0.717, 1.165) is 30.8 Å². The van der Waals surface area contributed by atoms with E-state index in [1.807, 2.05) is 16.3 Å². The Morgan fingerprint density at radius 3 is 2.70 bits per heavy atom. The van der Waals surface area contributed by atoms with Gasteiger partial charge in [0.1, 0.15) is 0 Å². The SMILES string of the molecule is CCC(C)n1ccc(Cn2nc(C)c(CCN)c2C)n1. The predicted molar refractivity (Wildman–Crippen MR) is 80.8 cm³/mol. The second kappa shape index (κ2) is 6.22. The minimum absolute atomic E-state index is 0.442. The van der Waals surface area contributed by atoms with Gasteiger partial charge >= 0.3 is 0 Å². The van der Waals surface area contributed by atoms with E-state index in [1.54, 1.807) is 0 Å². The third-order valence-corrected chi connectivity index (χ3v) is 3.94. The van der Waals surface area contributed by atoms with Crippen LogP contribution >= 0.6 is 0 Å². The van der Waals surface area contributed by atoms with Gasteiger partial charge in [-0.1, -0.05) is 6.92 Å². The fourth-order valence-corrected chi connectivity index (χ4v) is 2.44. The Kier molecular flexibility index (Phi) is 4.60. The summed E-state index contributed by atoms with van der Waals surface area (Å²) in [5.74, 6) is 0. The van der Waals surface area contributed by atoms with Crippen LogP contribution in [0, 0.1) is 13.8 Å². The van der Waals surface area contributed by atoms with Crippen LogP contribution in [0.4, 0.5) is 0 Å². The van der Waals surface area contributed by atoms with Crippen molar-refractivity contribution in [1.82, 2.24) is 19.6 Å². The molecule has 110 valence electrons. The van der Waals surface area contributed by atoms with Gasteiger partial charge in [-0.3, -0.25) is 9.36 Å². The standard InChI is InChI=1S/C15H25N5/c1-5-11(2)19-9-7-14(18-19)10-20-13(4)15(6-8-16)12(3)17-20/h7,9,11H,5-6,8,10,16H2,1-4H3. The lowest BCUT2D eigenvalue weighted by molar-refractivity contribution is 0.470. The second-order valence-corrected chi connectivity index (χ2v) is 5.39. The minimum Gasteiger partial charge on any atom is -0.330 e. The lowest BCUT2D eigenvalue weighted by atomic mass is 10.1. The maximum atomic E-state index is 5.66. The molecule has 0 aliphatic heterocycles. The molecule has 0 saturated heterocycles. The Bertz CT molecular complexity index is 567. The molecule has 2 rings (SSSR count). The summed E-state index contributed by atoms with van der Waals surface area (Å²) < 4.78 is 4.06. The van der Waals surface area contributed by atoms with Crippen molar-refractivity contribution in [2.75, 3.05) is 6.54 Å². The molecule has 0 fully saturated rings. The largest absolute Gasteiger partial charge is 0.330 e. The summed E-state index contributed by atoms with van der Waals surface area (Å²) in [6.07, 6.45) is 4.02. The van der Waals surface area contributed by atoms with Gasteiger partial charge in [0.25, 0.3) is 0 Å². The average molecular weight is 275 g/mol. The summed E-state index contributed by atoms with van der Waals surface area (Å²) in [6, 6.07) is 2.52. The first-order valence-corrected chi connectivity index (χ1v) is 7.33. The van der Waals surface area contributed by atoms with Crippen LogP contribution in [0.2, 0.25) is 0 Å². The topological polar surface area (TPSA) is 61.7 Å². The molecule has 0 aliphatic rings. The quantitative estimate of drug-likeness (QED) is 0.879. The van der Waals surface area contributed by atoms with Crippen LogP contribution in [0.1, 0.15) is 49.0 Å². The molecular formula is C15H25N5.